The van der Waals surface area contributed by atoms with Crippen LogP contribution in [0, 0.1) is 12.7 Å². The van der Waals surface area contributed by atoms with Gasteiger partial charge in [0.1, 0.15) is 5.82 Å². The van der Waals surface area contributed by atoms with Crippen LogP contribution in [0.15, 0.2) is 24.3 Å². The minimum absolute atomic E-state index is 0.0430. The van der Waals surface area contributed by atoms with E-state index in [4.69, 9.17) is 5.11 Å². The van der Waals surface area contributed by atoms with Gasteiger partial charge in [-0.1, -0.05) is 19.1 Å². The van der Waals surface area contributed by atoms with E-state index in [2.05, 4.69) is 6.92 Å². The number of halogens is 1. The van der Waals surface area contributed by atoms with Crippen LogP contribution in [-0.2, 0) is 5.41 Å². The largest absolute Gasteiger partial charge is 0.395 e. The molecule has 0 aliphatic rings. The maximum Gasteiger partial charge on any atom is 0.123 e. The Morgan fingerprint density at radius 2 is 1.92 bits per heavy atom. The Balaban J connectivity index is 2.96. The lowest BCUT2D eigenvalue weighted by atomic mass is 9.86. The van der Waals surface area contributed by atoms with Crippen LogP contribution in [0.3, 0.4) is 0 Å². The summed E-state index contributed by atoms with van der Waals surface area (Å²) in [5, 5.41) is 8.96. The Bertz CT molecular complexity index is 251. The van der Waals surface area contributed by atoms with Gasteiger partial charge in [-0.25, -0.2) is 4.39 Å². The summed E-state index contributed by atoms with van der Waals surface area (Å²) < 4.78 is 12.5. The van der Waals surface area contributed by atoms with Crippen molar-refractivity contribution in [3.05, 3.63) is 42.6 Å². The highest BCUT2D eigenvalue weighted by Crippen LogP contribution is 2.21. The molecule has 0 aliphatic carbocycles. The number of hydrogen-bond donors (Lipinski definition) is 1. The predicted molar refractivity (Wildman–Crippen MR) is 46.2 cm³/mol. The minimum atomic E-state index is -0.534. The molecule has 0 heterocycles. The van der Waals surface area contributed by atoms with E-state index in [1.165, 1.54) is 12.1 Å². The summed E-state index contributed by atoms with van der Waals surface area (Å²) >= 11 is 0. The number of aliphatic hydroxyl groups is 1. The molecule has 1 aromatic rings. The van der Waals surface area contributed by atoms with E-state index in [9.17, 15) is 4.39 Å². The van der Waals surface area contributed by atoms with Gasteiger partial charge in [0.05, 0.1) is 6.61 Å². The van der Waals surface area contributed by atoms with Crippen molar-refractivity contribution in [1.29, 1.82) is 0 Å². The molecular weight excluding hydrogens is 155 g/mol. The zero-order chi connectivity index (χ0) is 9.19. The van der Waals surface area contributed by atoms with Crippen molar-refractivity contribution in [2.24, 2.45) is 0 Å². The molecule has 0 fully saturated rings. The van der Waals surface area contributed by atoms with Gasteiger partial charge in [0.25, 0.3) is 0 Å². The van der Waals surface area contributed by atoms with Crippen LogP contribution >= 0.6 is 0 Å². The first-order chi connectivity index (χ1) is 5.56. The summed E-state index contributed by atoms with van der Waals surface area (Å²) in [6.45, 7) is 5.58. The van der Waals surface area contributed by atoms with Crippen LogP contribution in [0.5, 0.6) is 0 Å². The van der Waals surface area contributed by atoms with Crippen molar-refractivity contribution >= 4 is 0 Å². The fourth-order valence-electron chi connectivity index (χ4n) is 0.944. The molecule has 1 aromatic carbocycles. The molecule has 65 valence electrons. The van der Waals surface area contributed by atoms with Gasteiger partial charge in [-0.2, -0.15) is 0 Å². The molecule has 12 heavy (non-hydrogen) atoms. The molecule has 1 N–H and O–H groups in total. The van der Waals surface area contributed by atoms with Gasteiger partial charge < -0.3 is 5.11 Å². The van der Waals surface area contributed by atoms with Crippen molar-refractivity contribution in [3.8, 4) is 0 Å². The van der Waals surface area contributed by atoms with Gasteiger partial charge in [-0.3, -0.25) is 0 Å². The summed E-state index contributed by atoms with van der Waals surface area (Å²) in [5.74, 6) is -0.271. The Kier molecular flexibility index (Phi) is 2.48. The second-order valence-electron chi connectivity index (χ2n) is 3.23. The van der Waals surface area contributed by atoms with Crippen LogP contribution < -0.4 is 0 Å². The summed E-state index contributed by atoms with van der Waals surface area (Å²) in [6.07, 6.45) is 0. The van der Waals surface area contributed by atoms with Crippen LogP contribution in [0.2, 0.25) is 0 Å². The average Bonchev–Trinajstić information content (AvgIpc) is 2.05. The number of rotatable bonds is 2. The third-order valence-corrected chi connectivity index (χ3v) is 1.89. The minimum Gasteiger partial charge on any atom is -0.395 e. The van der Waals surface area contributed by atoms with Gasteiger partial charge >= 0.3 is 0 Å². The van der Waals surface area contributed by atoms with Gasteiger partial charge in [-0.15, -0.1) is 0 Å². The third-order valence-electron chi connectivity index (χ3n) is 1.89. The predicted octanol–water partition coefficient (Wildman–Crippen LogP) is 1.91. The van der Waals surface area contributed by atoms with E-state index in [0.717, 1.165) is 5.56 Å². The molecule has 1 nitrogen and oxygen atoms in total. The summed E-state index contributed by atoms with van der Waals surface area (Å²) in [5.41, 5.74) is 0.305. The highest BCUT2D eigenvalue weighted by molar-refractivity contribution is 5.26. The monoisotopic (exact) mass is 167 g/mol. The fraction of sp³-hybridized carbons (Fsp3) is 0.300. The van der Waals surface area contributed by atoms with E-state index in [-0.39, 0.29) is 12.4 Å². The van der Waals surface area contributed by atoms with Crippen LogP contribution in [0.4, 0.5) is 4.39 Å². The highest BCUT2D eigenvalue weighted by atomic mass is 19.1. The van der Waals surface area contributed by atoms with Crippen LogP contribution in [-0.4, -0.2) is 11.7 Å². The first-order valence-corrected chi connectivity index (χ1v) is 3.78. The molecule has 0 bridgehead atoms. The van der Waals surface area contributed by atoms with E-state index in [0.29, 0.717) is 0 Å². The SMILES string of the molecule is [CH2]C(C)(CO)c1ccc(F)cc1. The van der Waals surface area contributed by atoms with E-state index < -0.39 is 5.41 Å². The van der Waals surface area contributed by atoms with E-state index in [1.54, 1.807) is 19.1 Å². The molecule has 0 amide bonds. The van der Waals surface area contributed by atoms with Crippen molar-refractivity contribution in [3.63, 3.8) is 0 Å². The van der Waals surface area contributed by atoms with Crippen molar-refractivity contribution in [2.75, 3.05) is 6.61 Å². The average molecular weight is 167 g/mol. The maximum atomic E-state index is 12.5. The number of hydrogen-bond acceptors (Lipinski definition) is 1. The molecule has 0 saturated carbocycles. The fourth-order valence-corrected chi connectivity index (χ4v) is 0.944. The Hall–Kier alpha value is -0.890. The van der Waals surface area contributed by atoms with Crippen LogP contribution in [0.1, 0.15) is 12.5 Å². The van der Waals surface area contributed by atoms with Gasteiger partial charge in [0.2, 0.25) is 0 Å². The third kappa shape index (κ3) is 1.83. The van der Waals surface area contributed by atoms with Gasteiger partial charge in [0.15, 0.2) is 0 Å². The second kappa shape index (κ2) is 3.23. The normalized spacial score (nSPS) is 11.7. The summed E-state index contributed by atoms with van der Waals surface area (Å²) in [4.78, 5) is 0. The van der Waals surface area contributed by atoms with Crippen molar-refractivity contribution < 1.29 is 9.50 Å². The van der Waals surface area contributed by atoms with Gasteiger partial charge in [0, 0.05) is 5.41 Å². The zero-order valence-corrected chi connectivity index (χ0v) is 7.05. The Morgan fingerprint density at radius 1 is 1.42 bits per heavy atom. The Morgan fingerprint density at radius 3 is 2.33 bits per heavy atom. The van der Waals surface area contributed by atoms with E-state index >= 15 is 0 Å². The smallest absolute Gasteiger partial charge is 0.123 e. The molecule has 1 rings (SSSR count). The van der Waals surface area contributed by atoms with Gasteiger partial charge in [-0.05, 0) is 24.6 Å². The molecule has 0 saturated heterocycles. The summed E-state index contributed by atoms with van der Waals surface area (Å²) in [7, 11) is 0. The molecule has 0 aromatic heterocycles. The quantitative estimate of drug-likeness (QED) is 0.713. The maximum absolute atomic E-state index is 12.5. The van der Waals surface area contributed by atoms with Crippen molar-refractivity contribution in [1.82, 2.24) is 0 Å². The molecular formula is C10H12FO. The lowest BCUT2D eigenvalue weighted by Crippen LogP contribution is -2.22. The van der Waals surface area contributed by atoms with Crippen LogP contribution in [0.25, 0.3) is 0 Å². The molecule has 0 spiro atoms. The zero-order valence-electron chi connectivity index (χ0n) is 7.05. The number of aliphatic hydroxyl groups excluding tert-OH is 1. The lowest BCUT2D eigenvalue weighted by Gasteiger charge is -2.21. The molecule has 0 aliphatic heterocycles. The molecule has 1 unspecified atom stereocenters. The molecule has 2 heteroatoms. The van der Waals surface area contributed by atoms with E-state index in [1.807, 2.05) is 0 Å². The lowest BCUT2D eigenvalue weighted by molar-refractivity contribution is 0.234. The van der Waals surface area contributed by atoms with Crippen molar-refractivity contribution in [2.45, 2.75) is 12.3 Å². The molecule has 1 atom stereocenters. The first-order valence-electron chi connectivity index (χ1n) is 3.78. The standard InChI is InChI=1S/C10H12FO/c1-10(2,7-12)8-3-5-9(11)6-4-8/h3-6,12H,1,7H2,2H3. The highest BCUT2D eigenvalue weighted by Gasteiger charge is 2.18. The first kappa shape index (κ1) is 9.20. The molecule has 1 radical (unpaired) electrons. The Labute approximate surface area is 71.9 Å². The number of benzene rings is 1. The summed E-state index contributed by atoms with van der Waals surface area (Å²) in [6, 6.07) is 6.01. The second-order valence-corrected chi connectivity index (χ2v) is 3.23. The topological polar surface area (TPSA) is 20.2 Å².